The Bertz CT molecular complexity index is 2050. The highest BCUT2D eigenvalue weighted by Crippen LogP contribution is 2.36. The van der Waals surface area contributed by atoms with Crippen molar-refractivity contribution in [1.82, 2.24) is 24.3 Å². The molecule has 0 aliphatic carbocycles. The second kappa shape index (κ2) is 14.7. The molecule has 1 aliphatic rings. The lowest BCUT2D eigenvalue weighted by atomic mass is 10.1. The van der Waals surface area contributed by atoms with Crippen molar-refractivity contribution < 1.29 is 22.7 Å². The summed E-state index contributed by atoms with van der Waals surface area (Å²) in [6, 6.07) is 12.7. The third-order valence-electron chi connectivity index (χ3n) is 7.80. The number of aromatic nitrogens is 2. The van der Waals surface area contributed by atoms with Crippen LogP contribution in [0.2, 0.25) is 10.0 Å². The van der Waals surface area contributed by atoms with Gasteiger partial charge >= 0.3 is 0 Å². The van der Waals surface area contributed by atoms with E-state index >= 15 is 0 Å². The average molecular weight is 715 g/mol. The number of carbonyl (C=O) groups excluding carboxylic acids is 2. The number of sulfonamides is 1. The van der Waals surface area contributed by atoms with E-state index in [1.807, 2.05) is 0 Å². The smallest absolute Gasteiger partial charge is 0.258 e. The van der Waals surface area contributed by atoms with E-state index in [9.17, 15) is 22.8 Å². The number of amidine groups is 1. The predicted octanol–water partition coefficient (Wildman–Crippen LogP) is 3.26. The zero-order valence-electron chi connectivity index (χ0n) is 25.8. The number of nitrogens with two attached hydrogens (primary N) is 1. The molecule has 1 aliphatic heterocycles. The molecule has 5 rings (SSSR count). The molecule has 1 fully saturated rings. The maximum absolute atomic E-state index is 13.9. The largest absolute Gasteiger partial charge is 0.485 e. The van der Waals surface area contributed by atoms with Crippen LogP contribution in [0.5, 0.6) is 5.75 Å². The lowest BCUT2D eigenvalue weighted by molar-refractivity contribution is -0.124. The number of hydrogen-bond acceptors (Lipinski definition) is 8. The summed E-state index contributed by atoms with van der Waals surface area (Å²) in [6.45, 7) is 2.09. The van der Waals surface area contributed by atoms with E-state index in [0.29, 0.717) is 36.1 Å². The molecule has 252 valence electrons. The van der Waals surface area contributed by atoms with Gasteiger partial charge in [0.2, 0.25) is 15.9 Å². The second-order valence-electron chi connectivity index (χ2n) is 11.1. The van der Waals surface area contributed by atoms with E-state index in [1.165, 1.54) is 22.6 Å². The molecule has 16 heteroatoms. The van der Waals surface area contributed by atoms with Gasteiger partial charge in [-0.3, -0.25) is 24.2 Å². The summed E-state index contributed by atoms with van der Waals surface area (Å²) in [5.74, 6) is -0.584. The van der Waals surface area contributed by atoms with Gasteiger partial charge in [0, 0.05) is 59.3 Å². The lowest BCUT2D eigenvalue weighted by Gasteiger charge is -2.24. The van der Waals surface area contributed by atoms with Crippen molar-refractivity contribution in [3.63, 3.8) is 0 Å². The molecule has 1 saturated heterocycles. The zero-order chi connectivity index (χ0) is 34.6. The first-order valence-corrected chi connectivity index (χ1v) is 17.2. The van der Waals surface area contributed by atoms with Crippen LogP contribution >= 0.6 is 23.2 Å². The Kier molecular flexibility index (Phi) is 10.7. The molecule has 2 aromatic carbocycles. The molecule has 1 atom stereocenters. The highest BCUT2D eigenvalue weighted by Gasteiger charge is 2.40. The maximum atomic E-state index is 13.9. The van der Waals surface area contributed by atoms with Gasteiger partial charge in [0.25, 0.3) is 11.5 Å². The van der Waals surface area contributed by atoms with E-state index in [0.717, 1.165) is 4.31 Å². The van der Waals surface area contributed by atoms with Crippen molar-refractivity contribution >= 4 is 56.5 Å². The fraction of sp³-hybridized carbons (Fsp3) is 0.281. The number of aryl methyl sites for hydroxylation is 1. The third-order valence-corrected chi connectivity index (χ3v) is 10.6. The Morgan fingerprint density at radius 3 is 2.52 bits per heavy atom. The summed E-state index contributed by atoms with van der Waals surface area (Å²) in [5, 5.41) is 13.0. The number of carbonyl (C=O) groups is 2. The zero-order valence-corrected chi connectivity index (χ0v) is 28.2. The van der Waals surface area contributed by atoms with E-state index < -0.39 is 22.0 Å². The van der Waals surface area contributed by atoms with Crippen LogP contribution in [0, 0.1) is 12.3 Å². The number of benzene rings is 2. The molecule has 0 saturated carbocycles. The van der Waals surface area contributed by atoms with Gasteiger partial charge in [-0.2, -0.15) is 4.31 Å². The summed E-state index contributed by atoms with van der Waals surface area (Å²) in [7, 11) is -4.23. The van der Waals surface area contributed by atoms with Gasteiger partial charge < -0.3 is 21.1 Å². The minimum Gasteiger partial charge on any atom is -0.485 e. The van der Waals surface area contributed by atoms with Crippen molar-refractivity contribution in [2.45, 2.75) is 43.7 Å². The second-order valence-corrected chi connectivity index (χ2v) is 13.7. The highest BCUT2D eigenvalue weighted by molar-refractivity contribution is 7.89. The van der Waals surface area contributed by atoms with Crippen LogP contribution in [-0.4, -0.2) is 65.4 Å². The fourth-order valence-electron chi connectivity index (χ4n) is 5.32. The molecular formula is C32H33Cl2N7O6S. The van der Waals surface area contributed by atoms with Gasteiger partial charge in [-0.05, 0) is 62.6 Å². The Morgan fingerprint density at radius 1 is 1.08 bits per heavy atom. The number of fused-ring (bicyclic) bond motifs is 1. The first-order chi connectivity index (χ1) is 22.9. The lowest BCUT2D eigenvalue weighted by Crippen LogP contribution is -2.46. The van der Waals surface area contributed by atoms with Crippen LogP contribution in [0.15, 0.2) is 70.5 Å². The van der Waals surface area contributed by atoms with Crippen molar-refractivity contribution in [3.05, 3.63) is 104 Å². The average Bonchev–Trinajstić information content (AvgIpc) is 3.56. The van der Waals surface area contributed by atoms with Crippen LogP contribution < -0.4 is 26.7 Å². The number of nitrogens with zero attached hydrogens (tertiary/aromatic N) is 3. The number of halogens is 2. The van der Waals surface area contributed by atoms with E-state index in [-0.39, 0.29) is 75.4 Å². The summed E-state index contributed by atoms with van der Waals surface area (Å²) in [5.41, 5.74) is 7.08. The number of nitrogens with one attached hydrogen (secondary N) is 3. The molecule has 2 amide bonds. The van der Waals surface area contributed by atoms with Crippen LogP contribution in [0.4, 0.5) is 0 Å². The minimum absolute atomic E-state index is 0.0940. The molecule has 13 nitrogen and oxygen atoms in total. The Labute approximate surface area is 286 Å². The first kappa shape index (κ1) is 34.8. The molecule has 2 aromatic heterocycles. The van der Waals surface area contributed by atoms with Crippen LogP contribution in [0.25, 0.3) is 5.65 Å². The summed E-state index contributed by atoms with van der Waals surface area (Å²) in [4.78, 5) is 42.1. The predicted molar refractivity (Wildman–Crippen MR) is 181 cm³/mol. The Hall–Kier alpha value is -4.50. The number of pyridine rings is 1. The number of rotatable bonds is 12. The van der Waals surface area contributed by atoms with Gasteiger partial charge in [-0.25, -0.2) is 13.4 Å². The molecule has 0 bridgehead atoms. The maximum Gasteiger partial charge on any atom is 0.258 e. The normalized spacial score (nSPS) is 14.9. The van der Waals surface area contributed by atoms with Gasteiger partial charge in [0.1, 0.15) is 23.4 Å². The fourth-order valence-corrected chi connectivity index (χ4v) is 7.84. The topological polar surface area (TPSA) is 189 Å². The Morgan fingerprint density at radius 2 is 1.79 bits per heavy atom. The monoisotopic (exact) mass is 713 g/mol. The van der Waals surface area contributed by atoms with Gasteiger partial charge in [-0.1, -0.05) is 35.3 Å². The molecule has 0 spiro atoms. The molecular weight excluding hydrogens is 681 g/mol. The number of ether oxygens (including phenoxy) is 1. The molecule has 48 heavy (non-hydrogen) atoms. The van der Waals surface area contributed by atoms with Crippen LogP contribution in [0.1, 0.15) is 46.4 Å². The third kappa shape index (κ3) is 7.46. The summed E-state index contributed by atoms with van der Waals surface area (Å²) < 4.78 is 36.1. The van der Waals surface area contributed by atoms with Crippen LogP contribution in [-0.2, 0) is 21.4 Å². The first-order valence-electron chi connectivity index (χ1n) is 15.0. The van der Waals surface area contributed by atoms with Crippen molar-refractivity contribution in [2.24, 2.45) is 5.73 Å². The number of hydrogen-bond donors (Lipinski definition) is 4. The summed E-state index contributed by atoms with van der Waals surface area (Å²) in [6.07, 6.45) is 2.77. The molecule has 0 radical (unpaired) electrons. The number of nitrogen functional groups attached to an aromatic ring is 1. The number of amides is 2. The minimum atomic E-state index is -4.23. The standard InChI is InChI=1S/C32H33Cl2N7O6S/c1-19-17-27(42)40-15-3-6-25(30(40)39-19)47-18-22-23(33)11-12-26(28(22)34)48(45,46)41-16-2-5-24(41)32(44)38-14-4-13-37-31(43)21-9-7-20(8-10-21)29(35)36/h3,6-12,15,17,24H,2,4-5,13-14,16,18H2,1H3,(H3,35,36)(H,37,43)(H,38,44). The van der Waals surface area contributed by atoms with Crippen LogP contribution in [0.3, 0.4) is 0 Å². The van der Waals surface area contributed by atoms with Gasteiger partial charge in [0.05, 0.1) is 5.02 Å². The summed E-state index contributed by atoms with van der Waals surface area (Å²) >= 11 is 13.1. The van der Waals surface area contributed by atoms with Gasteiger partial charge in [-0.15, -0.1) is 0 Å². The Balaban J connectivity index is 1.21. The molecule has 3 heterocycles. The molecule has 5 N–H and O–H groups in total. The van der Waals surface area contributed by atoms with E-state index in [1.54, 1.807) is 49.5 Å². The highest BCUT2D eigenvalue weighted by atomic mass is 35.5. The molecule has 1 unspecified atom stereocenters. The van der Waals surface area contributed by atoms with E-state index in [2.05, 4.69) is 15.6 Å². The van der Waals surface area contributed by atoms with Crippen molar-refractivity contribution in [2.75, 3.05) is 19.6 Å². The van der Waals surface area contributed by atoms with Crippen molar-refractivity contribution in [3.8, 4) is 5.75 Å². The van der Waals surface area contributed by atoms with E-state index in [4.69, 9.17) is 39.1 Å². The van der Waals surface area contributed by atoms with Gasteiger partial charge in [0.15, 0.2) is 11.4 Å². The SMILES string of the molecule is Cc1cc(=O)n2cccc(OCc3c(Cl)ccc(S(=O)(=O)N4CCCC4C(=O)NCCCNC(=O)c4ccc(C(=N)N)cc4)c3Cl)c2n1. The molecule has 4 aromatic rings. The quantitative estimate of drug-likeness (QED) is 0.0978. The van der Waals surface area contributed by atoms with Crippen molar-refractivity contribution in [1.29, 1.82) is 5.41 Å².